The molecule has 0 radical (unpaired) electrons. The van der Waals surface area contributed by atoms with Gasteiger partial charge in [0, 0.05) is 24.6 Å². The Kier molecular flexibility index (Phi) is 5.83. The van der Waals surface area contributed by atoms with E-state index >= 15 is 0 Å². The summed E-state index contributed by atoms with van der Waals surface area (Å²) in [7, 11) is 1.37. The number of benzene rings is 2. The number of halogens is 2. The number of hydrogen-bond donors (Lipinski definition) is 1. The minimum Gasteiger partial charge on any atom is -0.494 e. The third-order valence-electron chi connectivity index (χ3n) is 5.59. The van der Waals surface area contributed by atoms with E-state index in [1.807, 2.05) is 0 Å². The van der Waals surface area contributed by atoms with Crippen molar-refractivity contribution in [2.45, 2.75) is 25.3 Å². The van der Waals surface area contributed by atoms with Crippen LogP contribution in [0.1, 0.15) is 40.5 Å². The van der Waals surface area contributed by atoms with E-state index in [1.165, 1.54) is 31.4 Å². The number of H-pyrrole nitrogens is 1. The molecular weight excluding hydrogens is 406 g/mol. The first kappa shape index (κ1) is 20.8. The number of nitrogens with zero attached hydrogens (tertiary/aromatic N) is 3. The predicted molar refractivity (Wildman–Crippen MR) is 109 cm³/mol. The minimum absolute atomic E-state index is 0.00366. The lowest BCUT2D eigenvalue weighted by atomic mass is 9.95. The second kappa shape index (κ2) is 8.71. The molecule has 1 amide bonds. The molecule has 2 heterocycles. The molecule has 1 fully saturated rings. The Hall–Kier alpha value is -3.49. The average molecular weight is 428 g/mol. The van der Waals surface area contributed by atoms with Gasteiger partial charge in [0.1, 0.15) is 11.6 Å². The lowest BCUT2D eigenvalue weighted by molar-refractivity contribution is 0.0709. The third-order valence-corrected chi connectivity index (χ3v) is 5.59. The second-order valence-corrected chi connectivity index (χ2v) is 7.52. The molecule has 2 aromatic carbocycles. The summed E-state index contributed by atoms with van der Waals surface area (Å²) in [5, 5.41) is 6.69. The standard InChI is InChI=1S/C22H22F2N4O3/c1-31-19-7-4-16(12-18(19)24)21(29)27-10-8-15(9-11-27)20-25-26-22(30)28(20)13-14-2-5-17(23)6-3-14/h2-7,12,15H,8-11,13H2,1H3,(H,26,30). The smallest absolute Gasteiger partial charge is 0.343 e. The Bertz CT molecular complexity index is 1130. The van der Waals surface area contributed by atoms with Crippen LogP contribution in [0.4, 0.5) is 8.78 Å². The van der Waals surface area contributed by atoms with Crippen molar-refractivity contribution in [1.82, 2.24) is 19.7 Å². The molecule has 0 aliphatic carbocycles. The molecule has 1 aromatic heterocycles. The van der Waals surface area contributed by atoms with Gasteiger partial charge in [0.15, 0.2) is 11.6 Å². The van der Waals surface area contributed by atoms with E-state index in [4.69, 9.17) is 4.74 Å². The predicted octanol–water partition coefficient (Wildman–Crippen LogP) is 2.93. The highest BCUT2D eigenvalue weighted by molar-refractivity contribution is 5.94. The van der Waals surface area contributed by atoms with Crippen LogP contribution in [0.3, 0.4) is 0 Å². The van der Waals surface area contributed by atoms with E-state index < -0.39 is 5.82 Å². The van der Waals surface area contributed by atoms with Crippen LogP contribution in [-0.4, -0.2) is 45.8 Å². The first-order chi connectivity index (χ1) is 15.0. The van der Waals surface area contributed by atoms with Gasteiger partial charge in [-0.15, -0.1) is 0 Å². The molecule has 7 nitrogen and oxygen atoms in total. The van der Waals surface area contributed by atoms with Crippen LogP contribution in [0, 0.1) is 11.6 Å². The van der Waals surface area contributed by atoms with Crippen molar-refractivity contribution < 1.29 is 18.3 Å². The number of likely N-dealkylation sites (tertiary alicyclic amines) is 1. The van der Waals surface area contributed by atoms with Crippen molar-refractivity contribution in [3.05, 3.63) is 81.5 Å². The van der Waals surface area contributed by atoms with Gasteiger partial charge in [-0.25, -0.2) is 18.7 Å². The zero-order valence-electron chi connectivity index (χ0n) is 17.0. The van der Waals surface area contributed by atoms with Crippen LogP contribution < -0.4 is 10.4 Å². The Morgan fingerprint density at radius 2 is 1.87 bits per heavy atom. The zero-order valence-corrected chi connectivity index (χ0v) is 17.0. The summed E-state index contributed by atoms with van der Waals surface area (Å²) in [5.41, 5.74) is 0.733. The van der Waals surface area contributed by atoms with Crippen LogP contribution in [-0.2, 0) is 6.54 Å². The minimum atomic E-state index is -0.579. The van der Waals surface area contributed by atoms with Gasteiger partial charge >= 0.3 is 5.69 Å². The lowest BCUT2D eigenvalue weighted by Gasteiger charge is -2.31. The van der Waals surface area contributed by atoms with Crippen molar-refractivity contribution in [1.29, 1.82) is 0 Å². The average Bonchev–Trinajstić information content (AvgIpc) is 3.15. The fourth-order valence-electron chi connectivity index (χ4n) is 3.89. The number of methoxy groups -OCH3 is 1. The molecule has 162 valence electrons. The third kappa shape index (κ3) is 4.35. The lowest BCUT2D eigenvalue weighted by Crippen LogP contribution is -2.38. The van der Waals surface area contributed by atoms with E-state index in [2.05, 4.69) is 10.2 Å². The Labute approximate surface area is 177 Å². The molecule has 0 spiro atoms. The van der Waals surface area contributed by atoms with Crippen molar-refractivity contribution >= 4 is 5.91 Å². The summed E-state index contributed by atoms with van der Waals surface area (Å²) in [6.45, 7) is 1.22. The monoisotopic (exact) mass is 428 g/mol. The molecule has 1 aliphatic heterocycles. The number of ether oxygens (including phenoxy) is 1. The number of carbonyl (C=O) groups is 1. The summed E-state index contributed by atoms with van der Waals surface area (Å²) < 4.78 is 33.5. The number of carbonyl (C=O) groups excluding carboxylic acids is 1. The van der Waals surface area contributed by atoms with Crippen molar-refractivity contribution in [3.8, 4) is 5.75 Å². The largest absolute Gasteiger partial charge is 0.494 e. The van der Waals surface area contributed by atoms with Gasteiger partial charge in [-0.3, -0.25) is 9.36 Å². The Balaban J connectivity index is 1.44. The molecule has 0 bridgehead atoms. The molecule has 0 atom stereocenters. The van der Waals surface area contributed by atoms with Gasteiger partial charge in [-0.05, 0) is 48.7 Å². The van der Waals surface area contributed by atoms with E-state index in [-0.39, 0.29) is 41.2 Å². The van der Waals surface area contributed by atoms with Gasteiger partial charge in [0.2, 0.25) is 0 Å². The van der Waals surface area contributed by atoms with Crippen LogP contribution >= 0.6 is 0 Å². The molecule has 31 heavy (non-hydrogen) atoms. The van der Waals surface area contributed by atoms with Crippen LogP contribution in [0.15, 0.2) is 47.3 Å². The number of nitrogens with one attached hydrogen (secondary N) is 1. The van der Waals surface area contributed by atoms with Crippen LogP contribution in [0.5, 0.6) is 5.75 Å². The second-order valence-electron chi connectivity index (χ2n) is 7.52. The topological polar surface area (TPSA) is 80.2 Å². The molecule has 1 N–H and O–H groups in total. The Morgan fingerprint density at radius 3 is 2.52 bits per heavy atom. The molecule has 1 aliphatic rings. The van der Waals surface area contributed by atoms with Crippen molar-refractivity contribution in [2.24, 2.45) is 0 Å². The summed E-state index contributed by atoms with van der Waals surface area (Å²) in [4.78, 5) is 26.7. The maximum absolute atomic E-state index is 13.9. The number of aromatic amines is 1. The van der Waals surface area contributed by atoms with Gasteiger partial charge < -0.3 is 9.64 Å². The quantitative estimate of drug-likeness (QED) is 0.678. The highest BCUT2D eigenvalue weighted by Crippen LogP contribution is 2.28. The highest BCUT2D eigenvalue weighted by Gasteiger charge is 2.28. The fourth-order valence-corrected chi connectivity index (χ4v) is 3.89. The molecule has 4 rings (SSSR count). The molecule has 9 heteroatoms. The number of amides is 1. The van der Waals surface area contributed by atoms with Gasteiger partial charge in [-0.2, -0.15) is 5.10 Å². The maximum Gasteiger partial charge on any atom is 0.343 e. The number of piperidine rings is 1. The summed E-state index contributed by atoms with van der Waals surface area (Å²) >= 11 is 0. The van der Waals surface area contributed by atoms with Crippen molar-refractivity contribution in [2.75, 3.05) is 20.2 Å². The highest BCUT2D eigenvalue weighted by atomic mass is 19.1. The normalized spacial score (nSPS) is 14.6. The molecule has 0 unspecified atom stereocenters. The van der Waals surface area contributed by atoms with E-state index in [9.17, 15) is 18.4 Å². The molecule has 3 aromatic rings. The van der Waals surface area contributed by atoms with E-state index in [0.29, 0.717) is 31.8 Å². The first-order valence-electron chi connectivity index (χ1n) is 9.98. The van der Waals surface area contributed by atoms with Crippen LogP contribution in [0.2, 0.25) is 0 Å². The number of aromatic nitrogens is 3. The van der Waals surface area contributed by atoms with Crippen molar-refractivity contribution in [3.63, 3.8) is 0 Å². The SMILES string of the molecule is COc1ccc(C(=O)N2CCC(c3n[nH]c(=O)n3Cc3ccc(F)cc3)CC2)cc1F. The van der Waals surface area contributed by atoms with Crippen LogP contribution in [0.25, 0.3) is 0 Å². The number of rotatable bonds is 5. The first-order valence-corrected chi connectivity index (χ1v) is 9.98. The van der Waals surface area contributed by atoms with E-state index in [1.54, 1.807) is 27.7 Å². The molecular formula is C22H22F2N4O3. The van der Waals surface area contributed by atoms with Gasteiger partial charge in [0.05, 0.1) is 13.7 Å². The van der Waals surface area contributed by atoms with Gasteiger partial charge in [-0.1, -0.05) is 12.1 Å². The Morgan fingerprint density at radius 1 is 1.16 bits per heavy atom. The number of hydrogen-bond acceptors (Lipinski definition) is 4. The zero-order chi connectivity index (χ0) is 22.0. The summed E-state index contributed by atoms with van der Waals surface area (Å²) in [6.07, 6.45) is 1.25. The molecule has 1 saturated heterocycles. The van der Waals surface area contributed by atoms with Gasteiger partial charge in [0.25, 0.3) is 5.91 Å². The summed E-state index contributed by atoms with van der Waals surface area (Å²) in [6, 6.07) is 10.1. The fraction of sp³-hybridized carbons (Fsp3) is 0.318. The van der Waals surface area contributed by atoms with E-state index in [0.717, 1.165) is 5.56 Å². The maximum atomic E-state index is 13.9. The summed E-state index contributed by atoms with van der Waals surface area (Å²) in [5.74, 6) is -0.450. The molecule has 0 saturated carbocycles.